The van der Waals surface area contributed by atoms with Crippen molar-refractivity contribution < 1.29 is 0 Å². The minimum absolute atomic E-state index is 0.413. The highest BCUT2D eigenvalue weighted by atomic mass is 32.1. The SMILES string of the molecule is N#Cc1cc(-c2ccc(-c3cc4sc5cc(-c6ccc(-c7ccnc(C#N)c7)cc6)c6ccccc6c5c4c4ccccc34)cc2)ccn1. The van der Waals surface area contributed by atoms with Gasteiger partial charge in [-0.3, -0.25) is 0 Å². The van der Waals surface area contributed by atoms with Gasteiger partial charge >= 0.3 is 0 Å². The van der Waals surface area contributed by atoms with Crippen molar-refractivity contribution >= 4 is 53.1 Å². The smallest absolute Gasteiger partial charge is 0.141 e. The maximum atomic E-state index is 9.32. The molecule has 5 heteroatoms. The first-order valence-electron chi connectivity index (χ1n) is 15.9. The molecule has 0 unspecified atom stereocenters. The van der Waals surface area contributed by atoms with E-state index in [1.165, 1.54) is 52.8 Å². The molecule has 49 heavy (non-hydrogen) atoms. The van der Waals surface area contributed by atoms with Gasteiger partial charge in [0.25, 0.3) is 0 Å². The second-order valence-electron chi connectivity index (χ2n) is 12.0. The molecule has 3 heterocycles. The normalized spacial score (nSPS) is 11.2. The molecule has 9 aromatic rings. The first-order chi connectivity index (χ1) is 24.2. The summed E-state index contributed by atoms with van der Waals surface area (Å²) in [6, 6.07) is 51.2. The molecule has 0 radical (unpaired) electrons. The van der Waals surface area contributed by atoms with Crippen LogP contribution in [0.1, 0.15) is 11.4 Å². The van der Waals surface area contributed by atoms with Crippen LogP contribution in [0.3, 0.4) is 0 Å². The fraction of sp³-hybridized carbons (Fsp3) is 0. The predicted octanol–water partition coefficient (Wildman–Crippen LogP) is 11.6. The lowest BCUT2D eigenvalue weighted by Crippen LogP contribution is -1.87. The molecule has 0 fully saturated rings. The lowest BCUT2D eigenvalue weighted by atomic mass is 9.91. The van der Waals surface area contributed by atoms with Crippen molar-refractivity contribution in [2.24, 2.45) is 0 Å². The van der Waals surface area contributed by atoms with Crippen molar-refractivity contribution in [1.82, 2.24) is 9.97 Å². The van der Waals surface area contributed by atoms with Crippen LogP contribution in [0.4, 0.5) is 0 Å². The number of rotatable bonds is 4. The van der Waals surface area contributed by atoms with Crippen LogP contribution in [0.2, 0.25) is 0 Å². The Labute approximate surface area is 286 Å². The van der Waals surface area contributed by atoms with E-state index in [0.29, 0.717) is 11.4 Å². The molecule has 6 aromatic carbocycles. The van der Waals surface area contributed by atoms with Crippen molar-refractivity contribution in [3.05, 3.63) is 157 Å². The van der Waals surface area contributed by atoms with Crippen LogP contribution in [0.5, 0.6) is 0 Å². The van der Waals surface area contributed by atoms with Crippen molar-refractivity contribution in [2.75, 3.05) is 0 Å². The van der Waals surface area contributed by atoms with Crippen LogP contribution >= 0.6 is 11.3 Å². The third-order valence-corrected chi connectivity index (χ3v) is 10.4. The molecule has 3 aromatic heterocycles. The zero-order valence-electron chi connectivity index (χ0n) is 26.1. The zero-order valence-corrected chi connectivity index (χ0v) is 26.9. The Morgan fingerprint density at radius 3 is 1.20 bits per heavy atom. The van der Waals surface area contributed by atoms with Crippen LogP contribution in [0.15, 0.2) is 146 Å². The van der Waals surface area contributed by atoms with Crippen molar-refractivity contribution in [3.8, 4) is 56.6 Å². The minimum Gasteiger partial charge on any atom is -0.246 e. The summed E-state index contributed by atoms with van der Waals surface area (Å²) in [7, 11) is 0. The quantitative estimate of drug-likeness (QED) is 0.192. The van der Waals surface area contributed by atoms with E-state index in [1.807, 2.05) is 35.6 Å². The monoisotopic (exact) mass is 640 g/mol. The van der Waals surface area contributed by atoms with Gasteiger partial charge in [0.2, 0.25) is 0 Å². The van der Waals surface area contributed by atoms with E-state index in [1.54, 1.807) is 12.4 Å². The topological polar surface area (TPSA) is 73.4 Å². The highest BCUT2D eigenvalue weighted by Crippen LogP contribution is 2.47. The Morgan fingerprint density at radius 1 is 0.408 bits per heavy atom. The van der Waals surface area contributed by atoms with E-state index >= 15 is 0 Å². The molecule has 4 nitrogen and oxygen atoms in total. The highest BCUT2D eigenvalue weighted by Gasteiger charge is 2.18. The van der Waals surface area contributed by atoms with Crippen LogP contribution in [-0.4, -0.2) is 9.97 Å². The zero-order chi connectivity index (χ0) is 32.9. The molecule has 9 rings (SSSR count). The molecule has 0 atom stereocenters. The molecular weight excluding hydrogens is 617 g/mol. The van der Waals surface area contributed by atoms with Gasteiger partial charge in [-0.15, -0.1) is 11.3 Å². The highest BCUT2D eigenvalue weighted by molar-refractivity contribution is 7.26. The molecule has 0 aliphatic carbocycles. The molecular formula is C44H24N4S. The number of nitrogens with zero attached hydrogens (tertiary/aromatic N) is 4. The molecule has 0 saturated carbocycles. The number of thiophene rings is 1. The molecule has 0 amide bonds. The number of nitriles is 2. The summed E-state index contributed by atoms with van der Waals surface area (Å²) in [6.45, 7) is 0. The summed E-state index contributed by atoms with van der Waals surface area (Å²) in [5.74, 6) is 0. The van der Waals surface area contributed by atoms with E-state index in [9.17, 15) is 10.5 Å². The molecule has 0 aliphatic heterocycles. The van der Waals surface area contributed by atoms with Crippen LogP contribution in [0, 0.1) is 22.7 Å². The summed E-state index contributed by atoms with van der Waals surface area (Å²) in [6.07, 6.45) is 3.37. The third-order valence-electron chi connectivity index (χ3n) is 9.29. The maximum Gasteiger partial charge on any atom is 0.141 e. The van der Waals surface area contributed by atoms with E-state index in [-0.39, 0.29) is 0 Å². The maximum absolute atomic E-state index is 9.32. The van der Waals surface area contributed by atoms with Gasteiger partial charge in [0.1, 0.15) is 23.5 Å². The van der Waals surface area contributed by atoms with Gasteiger partial charge in [0.15, 0.2) is 0 Å². The Hall–Kier alpha value is -6.66. The van der Waals surface area contributed by atoms with Crippen LogP contribution < -0.4 is 0 Å². The molecule has 0 spiro atoms. The largest absolute Gasteiger partial charge is 0.246 e. The Balaban J connectivity index is 1.21. The summed E-state index contributed by atoms with van der Waals surface area (Å²) >= 11 is 1.84. The number of benzene rings is 6. The van der Waals surface area contributed by atoms with E-state index in [0.717, 1.165) is 33.4 Å². The Kier molecular flexibility index (Phi) is 6.73. The van der Waals surface area contributed by atoms with Crippen LogP contribution in [-0.2, 0) is 0 Å². The Bertz CT molecular complexity index is 2640. The van der Waals surface area contributed by atoms with E-state index < -0.39 is 0 Å². The van der Waals surface area contributed by atoms with E-state index in [2.05, 4.69) is 131 Å². The van der Waals surface area contributed by atoms with Gasteiger partial charge in [-0.2, -0.15) is 10.5 Å². The number of hydrogen-bond acceptors (Lipinski definition) is 5. The second kappa shape index (κ2) is 11.5. The summed E-state index contributed by atoms with van der Waals surface area (Å²) in [4.78, 5) is 8.24. The van der Waals surface area contributed by atoms with Gasteiger partial charge in [-0.25, -0.2) is 9.97 Å². The number of hydrogen-bond donors (Lipinski definition) is 0. The third kappa shape index (κ3) is 4.81. The van der Waals surface area contributed by atoms with Gasteiger partial charge in [-0.05, 0) is 102 Å². The van der Waals surface area contributed by atoms with Crippen LogP contribution in [0.25, 0.3) is 86.2 Å². The van der Waals surface area contributed by atoms with Gasteiger partial charge < -0.3 is 0 Å². The van der Waals surface area contributed by atoms with E-state index in [4.69, 9.17) is 0 Å². The minimum atomic E-state index is 0.413. The summed E-state index contributed by atoms with van der Waals surface area (Å²) in [5.41, 5.74) is 9.58. The standard InChI is InChI=1S/C44H24N4S/c45-25-33-21-31(17-19-47-33)27-9-13-29(14-10-27)39-23-41-43(37-7-3-1-5-35(37)39)44-38-8-4-2-6-36(38)40(24-42(44)49-41)30-15-11-28(12-16-30)32-18-20-48-34(22-32)26-46/h1-24H. The summed E-state index contributed by atoms with van der Waals surface area (Å²) < 4.78 is 2.51. The molecule has 0 saturated heterocycles. The number of pyridine rings is 2. The molecule has 0 bridgehead atoms. The first kappa shape index (κ1) is 28.6. The van der Waals surface area contributed by atoms with Gasteiger partial charge in [0.05, 0.1) is 0 Å². The molecule has 0 aliphatic rings. The average molecular weight is 641 g/mol. The molecule has 226 valence electrons. The fourth-order valence-electron chi connectivity index (χ4n) is 7.00. The van der Waals surface area contributed by atoms with Gasteiger partial charge in [0, 0.05) is 32.6 Å². The van der Waals surface area contributed by atoms with Gasteiger partial charge in [-0.1, -0.05) is 97.1 Å². The average Bonchev–Trinajstić information content (AvgIpc) is 3.56. The number of fused-ring (bicyclic) bond motifs is 7. The fourth-order valence-corrected chi connectivity index (χ4v) is 8.22. The van der Waals surface area contributed by atoms with Crippen molar-refractivity contribution in [3.63, 3.8) is 0 Å². The predicted molar refractivity (Wildman–Crippen MR) is 201 cm³/mol. The number of aromatic nitrogens is 2. The first-order valence-corrected chi connectivity index (χ1v) is 16.7. The van der Waals surface area contributed by atoms with Crippen molar-refractivity contribution in [1.29, 1.82) is 10.5 Å². The summed E-state index contributed by atoms with van der Waals surface area (Å²) in [5, 5.41) is 26.1. The Morgan fingerprint density at radius 2 is 0.796 bits per heavy atom. The molecule has 0 N–H and O–H groups in total. The second-order valence-corrected chi connectivity index (χ2v) is 13.1. The lowest BCUT2D eigenvalue weighted by molar-refractivity contribution is 1.26. The van der Waals surface area contributed by atoms with Crippen molar-refractivity contribution in [2.45, 2.75) is 0 Å². The lowest BCUT2D eigenvalue weighted by Gasteiger charge is -2.12.